The molecule has 2 aliphatic rings. The average molecular weight is 476 g/mol. The molecular weight excluding hydrogens is 450 g/mol. The molecule has 1 aliphatic heterocycles. The molecule has 0 radical (unpaired) electrons. The van der Waals surface area contributed by atoms with Gasteiger partial charge in [-0.3, -0.25) is 9.10 Å². The minimum atomic E-state index is -3.76. The molecule has 0 aromatic heterocycles. The highest BCUT2D eigenvalue weighted by molar-refractivity contribution is 7.92. The second-order valence-electron chi connectivity index (χ2n) is 8.67. The lowest BCUT2D eigenvalue weighted by Crippen LogP contribution is -2.35. The first kappa shape index (κ1) is 22.3. The molecule has 1 aliphatic carbocycles. The number of hydrogen-bond acceptors (Lipinski definition) is 5. The van der Waals surface area contributed by atoms with Gasteiger partial charge in [0.1, 0.15) is 0 Å². The zero-order chi connectivity index (χ0) is 23.7. The Labute approximate surface area is 199 Å². The molecule has 0 N–H and O–H groups in total. The fourth-order valence-corrected chi connectivity index (χ4v) is 6.22. The van der Waals surface area contributed by atoms with Gasteiger partial charge in [-0.05, 0) is 85.2 Å². The Morgan fingerprint density at radius 1 is 0.794 bits per heavy atom. The van der Waals surface area contributed by atoms with E-state index in [0.29, 0.717) is 17.8 Å². The third-order valence-corrected chi connectivity index (χ3v) is 8.33. The van der Waals surface area contributed by atoms with Gasteiger partial charge in [-0.2, -0.15) is 0 Å². The van der Waals surface area contributed by atoms with E-state index in [4.69, 9.17) is 4.74 Å². The van der Waals surface area contributed by atoms with Gasteiger partial charge in [0.25, 0.3) is 10.0 Å². The summed E-state index contributed by atoms with van der Waals surface area (Å²) >= 11 is 0. The molecule has 0 bridgehead atoms. The number of hydrogen-bond donors (Lipinski definition) is 0. The van der Waals surface area contributed by atoms with Crippen LogP contribution in [0.4, 0.5) is 5.69 Å². The van der Waals surface area contributed by atoms with E-state index in [9.17, 15) is 18.0 Å². The van der Waals surface area contributed by atoms with Gasteiger partial charge in [0.2, 0.25) is 0 Å². The molecule has 0 saturated carbocycles. The summed E-state index contributed by atoms with van der Waals surface area (Å²) in [6, 6.07) is 18.8. The quantitative estimate of drug-likeness (QED) is 0.391. The molecule has 3 aromatic rings. The Hall–Kier alpha value is -3.45. The monoisotopic (exact) mass is 475 g/mol. The van der Waals surface area contributed by atoms with Crippen LogP contribution in [0.3, 0.4) is 0 Å². The van der Waals surface area contributed by atoms with Gasteiger partial charge in [0.05, 0.1) is 16.1 Å². The fraction of sp³-hybridized carbons (Fsp3) is 0.259. The number of ketones is 1. The van der Waals surface area contributed by atoms with Crippen molar-refractivity contribution < 1.29 is 22.7 Å². The number of Topliss-reactive ketones (excluding diaryl/α,β-unsaturated/α-hetero) is 1. The number of sulfonamides is 1. The van der Waals surface area contributed by atoms with Gasteiger partial charge in [0.15, 0.2) is 12.4 Å². The lowest BCUT2D eigenvalue weighted by Gasteiger charge is -2.30. The van der Waals surface area contributed by atoms with Crippen molar-refractivity contribution >= 4 is 27.5 Å². The van der Waals surface area contributed by atoms with Crippen molar-refractivity contribution in [1.82, 2.24) is 0 Å². The van der Waals surface area contributed by atoms with E-state index in [2.05, 4.69) is 0 Å². The number of para-hydroxylation sites is 1. The van der Waals surface area contributed by atoms with Crippen LogP contribution < -0.4 is 4.31 Å². The van der Waals surface area contributed by atoms with Crippen LogP contribution in [0.1, 0.15) is 50.2 Å². The highest BCUT2D eigenvalue weighted by Crippen LogP contribution is 2.32. The van der Waals surface area contributed by atoms with Crippen molar-refractivity contribution in [2.75, 3.05) is 17.5 Å². The normalized spacial score (nSPS) is 14.9. The summed E-state index contributed by atoms with van der Waals surface area (Å²) in [5.74, 6) is -0.923. The fourth-order valence-electron chi connectivity index (χ4n) is 4.68. The minimum absolute atomic E-state index is 0.106. The van der Waals surface area contributed by atoms with Crippen LogP contribution in [0, 0.1) is 0 Å². The Bertz CT molecular complexity index is 1360. The summed E-state index contributed by atoms with van der Waals surface area (Å²) < 4.78 is 33.1. The molecular formula is C27H25NO5S. The van der Waals surface area contributed by atoms with Gasteiger partial charge in [-0.1, -0.05) is 30.3 Å². The number of esters is 1. The van der Waals surface area contributed by atoms with Gasteiger partial charge < -0.3 is 4.74 Å². The largest absolute Gasteiger partial charge is 0.454 e. The summed E-state index contributed by atoms with van der Waals surface area (Å²) in [6.07, 6.45) is 4.69. The maximum Gasteiger partial charge on any atom is 0.338 e. The van der Waals surface area contributed by atoms with Crippen LogP contribution >= 0.6 is 0 Å². The summed E-state index contributed by atoms with van der Waals surface area (Å²) in [6.45, 7) is 0.0518. The number of anilines is 1. The van der Waals surface area contributed by atoms with Gasteiger partial charge >= 0.3 is 5.97 Å². The van der Waals surface area contributed by atoms with Crippen LogP contribution in [-0.2, 0) is 34.0 Å². The zero-order valence-corrected chi connectivity index (χ0v) is 19.5. The topological polar surface area (TPSA) is 80.8 Å². The lowest BCUT2D eigenvalue weighted by atomic mass is 10.0. The Balaban J connectivity index is 1.26. The van der Waals surface area contributed by atoms with Crippen molar-refractivity contribution in [2.45, 2.75) is 37.0 Å². The minimum Gasteiger partial charge on any atom is -0.454 e. The Morgan fingerprint density at radius 3 is 2.32 bits per heavy atom. The maximum atomic E-state index is 13.2. The number of carbonyl (C=O) groups is 2. The SMILES string of the molecule is O=C(COC(=O)c1ccc(S(=O)(=O)N2CCCc3ccccc32)cc1)c1ccc2c(c1)CCC2. The van der Waals surface area contributed by atoms with Crippen LogP contribution in [0.25, 0.3) is 0 Å². The number of carbonyl (C=O) groups excluding carboxylic acids is 2. The van der Waals surface area contributed by atoms with E-state index >= 15 is 0 Å². The first-order chi connectivity index (χ1) is 16.4. The molecule has 0 amide bonds. The van der Waals surface area contributed by atoms with E-state index < -0.39 is 16.0 Å². The van der Waals surface area contributed by atoms with Crippen molar-refractivity contribution in [3.63, 3.8) is 0 Å². The third-order valence-electron chi connectivity index (χ3n) is 6.50. The number of benzene rings is 3. The highest BCUT2D eigenvalue weighted by Gasteiger charge is 2.29. The third kappa shape index (κ3) is 4.23. The predicted molar refractivity (Wildman–Crippen MR) is 129 cm³/mol. The number of rotatable bonds is 6. The van der Waals surface area contributed by atoms with E-state index in [0.717, 1.165) is 37.7 Å². The maximum absolute atomic E-state index is 13.2. The molecule has 0 unspecified atom stereocenters. The molecule has 0 atom stereocenters. The Kier molecular flexibility index (Phi) is 5.96. The molecule has 174 valence electrons. The Morgan fingerprint density at radius 2 is 1.50 bits per heavy atom. The summed E-state index contributed by atoms with van der Waals surface area (Å²) in [7, 11) is -3.76. The zero-order valence-electron chi connectivity index (χ0n) is 18.7. The van der Waals surface area contributed by atoms with Gasteiger partial charge in [0, 0.05) is 12.1 Å². The van der Waals surface area contributed by atoms with Crippen molar-refractivity contribution in [1.29, 1.82) is 0 Å². The lowest BCUT2D eigenvalue weighted by molar-refractivity contribution is 0.0474. The molecule has 0 spiro atoms. The van der Waals surface area contributed by atoms with Crippen LogP contribution in [-0.4, -0.2) is 33.3 Å². The van der Waals surface area contributed by atoms with E-state index in [-0.39, 0.29) is 22.8 Å². The number of fused-ring (bicyclic) bond motifs is 2. The summed E-state index contributed by atoms with van der Waals surface area (Å²) in [5.41, 5.74) is 4.89. The molecule has 7 heteroatoms. The molecule has 1 heterocycles. The highest BCUT2D eigenvalue weighted by atomic mass is 32.2. The predicted octanol–water partition coefficient (Wildman–Crippen LogP) is 4.36. The standard InChI is InChI=1S/C27H25NO5S/c29-26(23-11-10-19-6-3-7-22(19)17-23)18-33-27(30)21-12-14-24(15-13-21)34(31,32)28-16-4-8-20-5-1-2-9-25(20)28/h1-2,5,9-15,17H,3-4,6-8,16,18H2. The van der Waals surface area contributed by atoms with Crippen LogP contribution in [0.5, 0.6) is 0 Å². The van der Waals surface area contributed by atoms with E-state index in [1.54, 1.807) is 6.07 Å². The van der Waals surface area contributed by atoms with Gasteiger partial charge in [-0.15, -0.1) is 0 Å². The number of aryl methyl sites for hydroxylation is 3. The molecule has 3 aromatic carbocycles. The van der Waals surface area contributed by atoms with E-state index in [1.165, 1.54) is 39.7 Å². The molecule has 5 rings (SSSR count). The van der Waals surface area contributed by atoms with Crippen molar-refractivity contribution in [3.05, 3.63) is 94.5 Å². The number of ether oxygens (including phenoxy) is 1. The second kappa shape index (κ2) is 9.06. The smallest absolute Gasteiger partial charge is 0.338 e. The van der Waals surface area contributed by atoms with Crippen LogP contribution in [0.15, 0.2) is 71.6 Å². The van der Waals surface area contributed by atoms with Crippen LogP contribution in [0.2, 0.25) is 0 Å². The van der Waals surface area contributed by atoms with Crippen molar-refractivity contribution in [3.8, 4) is 0 Å². The summed E-state index contributed by atoms with van der Waals surface area (Å²) in [5, 5.41) is 0. The first-order valence-corrected chi connectivity index (χ1v) is 12.9. The van der Waals surface area contributed by atoms with Gasteiger partial charge in [-0.25, -0.2) is 13.2 Å². The molecule has 0 saturated heterocycles. The van der Waals surface area contributed by atoms with E-state index in [1.807, 2.05) is 36.4 Å². The molecule has 34 heavy (non-hydrogen) atoms. The molecule has 0 fully saturated rings. The first-order valence-electron chi connectivity index (χ1n) is 11.5. The second-order valence-corrected chi connectivity index (χ2v) is 10.5. The average Bonchev–Trinajstić information content (AvgIpc) is 3.35. The molecule has 6 nitrogen and oxygen atoms in total. The van der Waals surface area contributed by atoms with Crippen molar-refractivity contribution in [2.24, 2.45) is 0 Å². The summed E-state index contributed by atoms with van der Waals surface area (Å²) in [4.78, 5) is 25.0. The number of nitrogens with zero attached hydrogens (tertiary/aromatic N) is 1.